The molecule has 144 valence electrons. The summed E-state index contributed by atoms with van der Waals surface area (Å²) < 4.78 is 18.4. The monoisotopic (exact) mass is 448 g/mol. The summed E-state index contributed by atoms with van der Waals surface area (Å²) in [5.74, 6) is 2.46. The molecule has 3 aliphatic heterocycles. The van der Waals surface area contributed by atoms with Gasteiger partial charge in [-0.15, -0.1) is 0 Å². The molecule has 0 aromatic heterocycles. The molecule has 0 radical (unpaired) electrons. The average molecular weight is 449 g/mol. The van der Waals surface area contributed by atoms with Crippen molar-refractivity contribution < 1.29 is 14.2 Å². The van der Waals surface area contributed by atoms with Crippen LogP contribution in [0.15, 0.2) is 76.3 Å². The third kappa shape index (κ3) is 2.78. The van der Waals surface area contributed by atoms with Crippen LogP contribution in [0.25, 0.3) is 0 Å². The number of fused-ring (bicyclic) bond motifs is 4. The van der Waals surface area contributed by atoms with Crippen molar-refractivity contribution in [1.82, 2.24) is 5.01 Å². The van der Waals surface area contributed by atoms with Gasteiger partial charge >= 0.3 is 0 Å². The molecular formula is C23H17BrN2O3. The highest BCUT2D eigenvalue weighted by molar-refractivity contribution is 9.10. The predicted octanol–water partition coefficient (Wildman–Crippen LogP) is 5.42. The fraction of sp³-hybridized carbons (Fsp3) is 0.174. The van der Waals surface area contributed by atoms with Gasteiger partial charge in [0.1, 0.15) is 5.75 Å². The van der Waals surface area contributed by atoms with Crippen molar-refractivity contribution in [3.63, 3.8) is 0 Å². The summed E-state index contributed by atoms with van der Waals surface area (Å²) >= 11 is 3.60. The molecule has 0 aliphatic carbocycles. The van der Waals surface area contributed by atoms with Gasteiger partial charge in [0.2, 0.25) is 13.0 Å². The molecule has 6 rings (SSSR count). The summed E-state index contributed by atoms with van der Waals surface area (Å²) in [7, 11) is 0. The van der Waals surface area contributed by atoms with Crippen molar-refractivity contribution in [3.05, 3.63) is 87.9 Å². The molecular weight excluding hydrogens is 432 g/mol. The number of halogens is 1. The van der Waals surface area contributed by atoms with E-state index in [1.807, 2.05) is 48.5 Å². The van der Waals surface area contributed by atoms with Crippen LogP contribution in [0, 0.1) is 0 Å². The predicted molar refractivity (Wildman–Crippen MR) is 112 cm³/mol. The van der Waals surface area contributed by atoms with Gasteiger partial charge in [0.05, 0.1) is 11.8 Å². The first-order valence-electron chi connectivity index (χ1n) is 9.53. The minimum atomic E-state index is -0.263. The first-order valence-corrected chi connectivity index (χ1v) is 10.3. The number of ether oxygens (including phenoxy) is 3. The molecule has 0 saturated carbocycles. The average Bonchev–Trinajstić information content (AvgIpc) is 3.40. The number of hydrogen-bond acceptors (Lipinski definition) is 5. The summed E-state index contributed by atoms with van der Waals surface area (Å²) in [6.07, 6.45) is 0.539. The van der Waals surface area contributed by atoms with Gasteiger partial charge in [-0.1, -0.05) is 46.3 Å². The van der Waals surface area contributed by atoms with Crippen LogP contribution in [0.1, 0.15) is 35.4 Å². The first kappa shape index (κ1) is 16.9. The second kappa shape index (κ2) is 6.52. The molecule has 6 heteroatoms. The Morgan fingerprint density at radius 2 is 1.72 bits per heavy atom. The maximum absolute atomic E-state index is 6.40. The standard InChI is InChI=1S/C23H17BrN2O3/c24-16-7-9-20-17(11-16)19-12-18(15-6-8-21-22(10-15)28-13-27-21)25-26(19)23(29-20)14-4-2-1-3-5-14/h1-11,19,23H,12-13H2. The molecule has 0 saturated heterocycles. The molecule has 2 atom stereocenters. The zero-order valence-electron chi connectivity index (χ0n) is 15.4. The lowest BCUT2D eigenvalue weighted by molar-refractivity contribution is -0.0190. The van der Waals surface area contributed by atoms with Crippen LogP contribution < -0.4 is 14.2 Å². The molecule has 3 aromatic carbocycles. The molecule has 0 spiro atoms. The third-order valence-electron chi connectivity index (χ3n) is 5.54. The Balaban J connectivity index is 1.44. The molecule has 0 bridgehead atoms. The quantitative estimate of drug-likeness (QED) is 0.524. The molecule has 0 amide bonds. The van der Waals surface area contributed by atoms with Gasteiger partial charge in [0, 0.05) is 27.6 Å². The van der Waals surface area contributed by atoms with Gasteiger partial charge in [-0.3, -0.25) is 0 Å². The van der Waals surface area contributed by atoms with Gasteiger partial charge in [-0.2, -0.15) is 5.10 Å². The van der Waals surface area contributed by atoms with E-state index in [-0.39, 0.29) is 19.1 Å². The normalized spacial score (nSPS) is 21.3. The molecule has 3 aliphatic rings. The zero-order valence-corrected chi connectivity index (χ0v) is 17.0. The van der Waals surface area contributed by atoms with Crippen LogP contribution in [-0.4, -0.2) is 17.5 Å². The summed E-state index contributed by atoms with van der Waals surface area (Å²) in [5, 5.41) is 7.09. The number of nitrogens with zero attached hydrogens (tertiary/aromatic N) is 2. The van der Waals surface area contributed by atoms with E-state index in [2.05, 4.69) is 39.1 Å². The molecule has 0 N–H and O–H groups in total. The van der Waals surface area contributed by atoms with Crippen LogP contribution in [-0.2, 0) is 0 Å². The van der Waals surface area contributed by atoms with Crippen molar-refractivity contribution in [2.45, 2.75) is 18.7 Å². The second-order valence-corrected chi connectivity index (χ2v) is 8.19. The van der Waals surface area contributed by atoms with Gasteiger partial charge in [0.15, 0.2) is 11.5 Å². The SMILES string of the molecule is Brc1ccc2c(c1)C1CC(c3ccc4c(c3)OCO4)=NN1C(c1ccccc1)O2. The van der Waals surface area contributed by atoms with E-state index in [1.54, 1.807) is 0 Å². The van der Waals surface area contributed by atoms with E-state index in [4.69, 9.17) is 19.3 Å². The van der Waals surface area contributed by atoms with E-state index in [0.717, 1.165) is 50.5 Å². The van der Waals surface area contributed by atoms with Crippen LogP contribution in [0.5, 0.6) is 17.2 Å². The largest absolute Gasteiger partial charge is 0.464 e. The fourth-order valence-corrected chi connectivity index (χ4v) is 4.53. The zero-order chi connectivity index (χ0) is 19.4. The molecule has 3 aromatic rings. The van der Waals surface area contributed by atoms with Crippen molar-refractivity contribution in [2.75, 3.05) is 6.79 Å². The van der Waals surface area contributed by atoms with Crippen molar-refractivity contribution >= 4 is 21.6 Å². The Bertz CT molecular complexity index is 1130. The van der Waals surface area contributed by atoms with Gasteiger partial charge in [0.25, 0.3) is 0 Å². The summed E-state index contributed by atoms with van der Waals surface area (Å²) in [4.78, 5) is 0. The lowest BCUT2D eigenvalue weighted by Gasteiger charge is -2.38. The fourth-order valence-electron chi connectivity index (χ4n) is 4.15. The van der Waals surface area contributed by atoms with Crippen molar-refractivity contribution in [1.29, 1.82) is 0 Å². The molecule has 0 fully saturated rings. The number of rotatable bonds is 2. The summed E-state index contributed by atoms with van der Waals surface area (Å²) in [6, 6.07) is 22.6. The van der Waals surface area contributed by atoms with E-state index in [0.29, 0.717) is 0 Å². The number of hydrogen-bond donors (Lipinski definition) is 0. The Labute approximate surface area is 176 Å². The number of hydrazone groups is 1. The van der Waals surface area contributed by atoms with Crippen LogP contribution >= 0.6 is 15.9 Å². The van der Waals surface area contributed by atoms with Gasteiger partial charge in [-0.25, -0.2) is 5.01 Å². The maximum atomic E-state index is 6.40. The maximum Gasteiger partial charge on any atom is 0.231 e. The van der Waals surface area contributed by atoms with Crippen LogP contribution in [0.3, 0.4) is 0 Å². The molecule has 2 unspecified atom stereocenters. The van der Waals surface area contributed by atoms with E-state index in [9.17, 15) is 0 Å². The van der Waals surface area contributed by atoms with E-state index < -0.39 is 0 Å². The summed E-state index contributed by atoms with van der Waals surface area (Å²) in [5.41, 5.74) is 4.30. The smallest absolute Gasteiger partial charge is 0.231 e. The van der Waals surface area contributed by atoms with Crippen molar-refractivity contribution in [3.8, 4) is 17.2 Å². The van der Waals surface area contributed by atoms with Crippen molar-refractivity contribution in [2.24, 2.45) is 5.10 Å². The van der Waals surface area contributed by atoms with E-state index in [1.165, 1.54) is 0 Å². The highest BCUT2D eigenvalue weighted by atomic mass is 79.9. The minimum Gasteiger partial charge on any atom is -0.464 e. The topological polar surface area (TPSA) is 43.3 Å². The summed E-state index contributed by atoms with van der Waals surface area (Å²) in [6.45, 7) is 0.269. The first-order chi connectivity index (χ1) is 14.3. The molecule has 3 heterocycles. The van der Waals surface area contributed by atoms with Gasteiger partial charge < -0.3 is 14.2 Å². The van der Waals surface area contributed by atoms with Gasteiger partial charge in [-0.05, 0) is 36.4 Å². The third-order valence-corrected chi connectivity index (χ3v) is 6.04. The number of benzene rings is 3. The Kier molecular flexibility index (Phi) is 3.81. The van der Waals surface area contributed by atoms with E-state index >= 15 is 0 Å². The minimum absolute atomic E-state index is 0.113. The van der Waals surface area contributed by atoms with Crippen LogP contribution in [0.2, 0.25) is 0 Å². The Morgan fingerprint density at radius 3 is 2.62 bits per heavy atom. The molecule has 5 nitrogen and oxygen atoms in total. The highest BCUT2D eigenvalue weighted by Gasteiger charge is 2.41. The Morgan fingerprint density at radius 1 is 0.897 bits per heavy atom. The van der Waals surface area contributed by atoms with Crippen LogP contribution in [0.4, 0.5) is 0 Å². The second-order valence-electron chi connectivity index (χ2n) is 7.28. The lowest BCUT2D eigenvalue weighted by atomic mass is 9.96. The molecule has 29 heavy (non-hydrogen) atoms. The lowest BCUT2D eigenvalue weighted by Crippen LogP contribution is -2.33. The Hall–Kier alpha value is -2.99. The highest BCUT2D eigenvalue weighted by Crippen LogP contribution is 2.48.